The number of unbranched alkanes of at least 4 members (excludes halogenated alkanes) is 1. The maximum atomic E-state index is 10.5. The SMILES string of the molecule is N#CCCCOc1ccc([N+](=O)[O-])c(Cl)c1. The third kappa shape index (κ3) is 3.41. The van der Waals surface area contributed by atoms with Gasteiger partial charge in [0.15, 0.2) is 0 Å². The molecule has 1 aromatic carbocycles. The number of benzene rings is 1. The summed E-state index contributed by atoms with van der Waals surface area (Å²) in [6.07, 6.45) is 1.03. The van der Waals surface area contributed by atoms with Crippen LogP contribution in [0.25, 0.3) is 0 Å². The highest BCUT2D eigenvalue weighted by atomic mass is 35.5. The normalized spacial score (nSPS) is 9.50. The molecule has 5 nitrogen and oxygen atoms in total. The average molecular weight is 241 g/mol. The third-order valence-corrected chi connectivity index (χ3v) is 2.12. The van der Waals surface area contributed by atoms with Crippen molar-refractivity contribution in [2.75, 3.05) is 6.61 Å². The van der Waals surface area contributed by atoms with Crippen molar-refractivity contribution in [1.29, 1.82) is 5.26 Å². The molecule has 0 aliphatic carbocycles. The van der Waals surface area contributed by atoms with E-state index in [1.807, 2.05) is 6.07 Å². The Hall–Kier alpha value is -1.80. The van der Waals surface area contributed by atoms with Gasteiger partial charge in [-0.3, -0.25) is 10.1 Å². The van der Waals surface area contributed by atoms with E-state index in [1.54, 1.807) is 0 Å². The Balaban J connectivity index is 2.60. The minimum Gasteiger partial charge on any atom is -0.493 e. The van der Waals surface area contributed by atoms with Crippen LogP contribution in [0.4, 0.5) is 5.69 Å². The van der Waals surface area contributed by atoms with Crippen LogP contribution in [0.5, 0.6) is 5.75 Å². The standard InChI is InChI=1S/C10H9ClN2O3/c11-9-7-8(16-6-2-1-5-12)3-4-10(9)13(14)15/h3-4,7H,1-2,6H2. The van der Waals surface area contributed by atoms with Gasteiger partial charge < -0.3 is 4.74 Å². The van der Waals surface area contributed by atoms with Crippen molar-refractivity contribution in [3.8, 4) is 11.8 Å². The molecule has 0 N–H and O–H groups in total. The summed E-state index contributed by atoms with van der Waals surface area (Å²) in [6.45, 7) is 0.391. The van der Waals surface area contributed by atoms with Gasteiger partial charge in [0.1, 0.15) is 10.8 Å². The van der Waals surface area contributed by atoms with Crippen LogP contribution in [0.1, 0.15) is 12.8 Å². The molecule has 0 bridgehead atoms. The van der Waals surface area contributed by atoms with E-state index in [9.17, 15) is 10.1 Å². The van der Waals surface area contributed by atoms with Gasteiger partial charge in [0.25, 0.3) is 5.69 Å². The second kappa shape index (κ2) is 5.93. The molecule has 0 aliphatic rings. The Morgan fingerprint density at radius 1 is 1.56 bits per heavy atom. The van der Waals surface area contributed by atoms with E-state index in [4.69, 9.17) is 21.6 Å². The van der Waals surface area contributed by atoms with Crippen molar-refractivity contribution >= 4 is 17.3 Å². The fourth-order valence-corrected chi connectivity index (χ4v) is 1.31. The van der Waals surface area contributed by atoms with Crippen molar-refractivity contribution in [3.05, 3.63) is 33.3 Å². The quantitative estimate of drug-likeness (QED) is 0.450. The fraction of sp³-hybridized carbons (Fsp3) is 0.300. The van der Waals surface area contributed by atoms with Crippen LogP contribution in [-0.2, 0) is 0 Å². The van der Waals surface area contributed by atoms with Crippen molar-refractivity contribution in [2.45, 2.75) is 12.8 Å². The second-order valence-corrected chi connectivity index (χ2v) is 3.39. The Kier molecular flexibility index (Phi) is 4.55. The molecular formula is C10H9ClN2O3. The van der Waals surface area contributed by atoms with Crippen molar-refractivity contribution < 1.29 is 9.66 Å². The molecule has 1 aromatic rings. The van der Waals surface area contributed by atoms with Gasteiger partial charge in [0, 0.05) is 18.6 Å². The number of halogens is 1. The smallest absolute Gasteiger partial charge is 0.288 e. The highest BCUT2D eigenvalue weighted by molar-refractivity contribution is 6.32. The first kappa shape index (κ1) is 12.3. The van der Waals surface area contributed by atoms with Crippen LogP contribution in [0.2, 0.25) is 5.02 Å². The molecule has 6 heteroatoms. The zero-order chi connectivity index (χ0) is 12.0. The Morgan fingerprint density at radius 2 is 2.31 bits per heavy atom. The van der Waals surface area contributed by atoms with Gasteiger partial charge >= 0.3 is 0 Å². The van der Waals surface area contributed by atoms with E-state index in [0.29, 0.717) is 25.2 Å². The Labute approximate surface area is 97.4 Å². The predicted octanol–water partition coefficient (Wildman–Crippen LogP) is 2.93. The molecule has 0 amide bonds. The highest BCUT2D eigenvalue weighted by Gasteiger charge is 2.12. The predicted molar refractivity (Wildman–Crippen MR) is 58.4 cm³/mol. The zero-order valence-corrected chi connectivity index (χ0v) is 9.11. The van der Waals surface area contributed by atoms with Gasteiger partial charge in [-0.15, -0.1) is 0 Å². The number of nitriles is 1. The first-order valence-corrected chi connectivity index (χ1v) is 4.96. The summed E-state index contributed by atoms with van der Waals surface area (Å²) >= 11 is 5.69. The second-order valence-electron chi connectivity index (χ2n) is 2.98. The van der Waals surface area contributed by atoms with E-state index in [-0.39, 0.29) is 10.7 Å². The lowest BCUT2D eigenvalue weighted by molar-refractivity contribution is -0.384. The summed E-state index contributed by atoms with van der Waals surface area (Å²) in [5, 5.41) is 18.8. The average Bonchev–Trinajstić information content (AvgIpc) is 2.24. The molecule has 0 fully saturated rings. The fourth-order valence-electron chi connectivity index (χ4n) is 1.07. The van der Waals surface area contributed by atoms with E-state index in [1.165, 1.54) is 18.2 Å². The first-order chi connectivity index (χ1) is 7.65. The number of ether oxygens (including phenoxy) is 1. The summed E-state index contributed by atoms with van der Waals surface area (Å²) in [6, 6.07) is 6.17. The Bertz CT molecular complexity index is 429. The van der Waals surface area contributed by atoms with E-state index in [0.717, 1.165) is 0 Å². The monoisotopic (exact) mass is 240 g/mol. The lowest BCUT2D eigenvalue weighted by Gasteiger charge is -2.04. The summed E-state index contributed by atoms with van der Waals surface area (Å²) in [5.41, 5.74) is -0.147. The zero-order valence-electron chi connectivity index (χ0n) is 8.35. The van der Waals surface area contributed by atoms with Gasteiger partial charge in [-0.05, 0) is 12.5 Å². The van der Waals surface area contributed by atoms with Crippen LogP contribution in [0, 0.1) is 21.4 Å². The minimum atomic E-state index is -0.554. The molecule has 0 radical (unpaired) electrons. The van der Waals surface area contributed by atoms with Gasteiger partial charge in [0.05, 0.1) is 17.6 Å². The number of nitro benzene ring substituents is 1. The number of nitrogens with zero attached hydrogens (tertiary/aromatic N) is 2. The minimum absolute atomic E-state index is 0.0442. The molecule has 1 rings (SSSR count). The number of hydrogen-bond donors (Lipinski definition) is 0. The summed E-state index contributed by atoms with van der Waals surface area (Å²) in [7, 11) is 0. The van der Waals surface area contributed by atoms with Crippen LogP contribution in [0.3, 0.4) is 0 Å². The van der Waals surface area contributed by atoms with Gasteiger partial charge in [-0.25, -0.2) is 0 Å². The summed E-state index contributed by atoms with van der Waals surface area (Å²) in [5.74, 6) is 0.466. The maximum Gasteiger partial charge on any atom is 0.288 e. The van der Waals surface area contributed by atoms with Crippen molar-refractivity contribution in [2.24, 2.45) is 0 Å². The molecule has 0 aromatic heterocycles. The molecule has 0 saturated heterocycles. The number of rotatable bonds is 5. The van der Waals surface area contributed by atoms with Crippen LogP contribution in [0.15, 0.2) is 18.2 Å². The van der Waals surface area contributed by atoms with E-state index >= 15 is 0 Å². The topological polar surface area (TPSA) is 76.2 Å². The molecule has 0 unspecified atom stereocenters. The number of hydrogen-bond acceptors (Lipinski definition) is 4. The van der Waals surface area contributed by atoms with E-state index in [2.05, 4.69) is 0 Å². The Morgan fingerprint density at radius 3 is 2.88 bits per heavy atom. The lowest BCUT2D eigenvalue weighted by atomic mass is 10.3. The molecule has 0 aliphatic heterocycles. The molecule has 84 valence electrons. The van der Waals surface area contributed by atoms with Gasteiger partial charge in [0.2, 0.25) is 0 Å². The largest absolute Gasteiger partial charge is 0.493 e. The molecule has 0 atom stereocenters. The lowest BCUT2D eigenvalue weighted by Crippen LogP contribution is -1.97. The van der Waals surface area contributed by atoms with Crippen LogP contribution >= 0.6 is 11.6 Å². The number of nitro groups is 1. The van der Waals surface area contributed by atoms with Crippen LogP contribution in [-0.4, -0.2) is 11.5 Å². The molecule has 0 saturated carbocycles. The maximum absolute atomic E-state index is 10.5. The van der Waals surface area contributed by atoms with E-state index < -0.39 is 4.92 Å². The molecule has 0 spiro atoms. The molecule has 0 heterocycles. The van der Waals surface area contributed by atoms with Gasteiger partial charge in [-0.1, -0.05) is 11.6 Å². The van der Waals surface area contributed by atoms with Crippen LogP contribution < -0.4 is 4.74 Å². The van der Waals surface area contributed by atoms with Gasteiger partial charge in [-0.2, -0.15) is 5.26 Å². The highest BCUT2D eigenvalue weighted by Crippen LogP contribution is 2.28. The molecular weight excluding hydrogens is 232 g/mol. The summed E-state index contributed by atoms with van der Waals surface area (Å²) < 4.78 is 5.27. The van der Waals surface area contributed by atoms with Crippen molar-refractivity contribution in [3.63, 3.8) is 0 Å². The molecule has 16 heavy (non-hydrogen) atoms. The third-order valence-electron chi connectivity index (χ3n) is 1.82. The summed E-state index contributed by atoms with van der Waals surface area (Å²) in [4.78, 5) is 9.92. The first-order valence-electron chi connectivity index (χ1n) is 4.59. The van der Waals surface area contributed by atoms with Crippen molar-refractivity contribution in [1.82, 2.24) is 0 Å².